The van der Waals surface area contributed by atoms with Crippen LogP contribution in [0.2, 0.25) is 20.1 Å². The quantitative estimate of drug-likeness (QED) is 0.211. The van der Waals surface area contributed by atoms with Gasteiger partial charge in [-0.15, -0.1) is 0 Å². The van der Waals surface area contributed by atoms with Crippen LogP contribution in [0.5, 0.6) is 0 Å². The van der Waals surface area contributed by atoms with Crippen molar-refractivity contribution in [1.82, 2.24) is 15.0 Å². The molecule has 6 aromatic rings. The summed E-state index contributed by atoms with van der Waals surface area (Å²) in [5.41, 5.74) is 4.44. The van der Waals surface area contributed by atoms with E-state index in [1.165, 1.54) is 10.8 Å². The zero-order valence-corrected chi connectivity index (χ0v) is 22.7. The highest BCUT2D eigenvalue weighted by atomic mass is 35.5. The van der Waals surface area contributed by atoms with Gasteiger partial charge in [-0.3, -0.25) is 0 Å². The zero-order chi connectivity index (χ0) is 26.2. The van der Waals surface area contributed by atoms with E-state index in [0.717, 1.165) is 16.7 Å². The Morgan fingerprint density at radius 3 is 1.39 bits per heavy atom. The Morgan fingerprint density at radius 1 is 0.395 bits per heavy atom. The van der Waals surface area contributed by atoms with Crippen LogP contribution in [-0.2, 0) is 0 Å². The summed E-state index contributed by atoms with van der Waals surface area (Å²) in [6, 6.07) is 33.2. The Labute approximate surface area is 239 Å². The molecule has 0 aliphatic carbocycles. The average molecular weight is 573 g/mol. The molecule has 7 heteroatoms. The summed E-state index contributed by atoms with van der Waals surface area (Å²) < 4.78 is 0. The van der Waals surface area contributed by atoms with Crippen LogP contribution < -0.4 is 0 Å². The van der Waals surface area contributed by atoms with Gasteiger partial charge in [0.1, 0.15) is 0 Å². The van der Waals surface area contributed by atoms with Crippen LogP contribution in [0.4, 0.5) is 0 Å². The third-order valence-corrected chi connectivity index (χ3v) is 6.99. The molecule has 0 bridgehead atoms. The number of benzene rings is 5. The second-order valence-corrected chi connectivity index (χ2v) is 10.5. The van der Waals surface area contributed by atoms with Crippen molar-refractivity contribution in [3.05, 3.63) is 123 Å². The number of halogens is 4. The van der Waals surface area contributed by atoms with Crippen LogP contribution in [0, 0.1) is 0 Å². The molecular formula is C31H17Cl4N3. The first-order chi connectivity index (χ1) is 18.4. The Kier molecular flexibility index (Phi) is 6.77. The molecule has 38 heavy (non-hydrogen) atoms. The Balaban J connectivity index is 1.48. The van der Waals surface area contributed by atoms with Gasteiger partial charge >= 0.3 is 0 Å². The third kappa shape index (κ3) is 5.11. The van der Waals surface area contributed by atoms with Crippen LogP contribution in [0.1, 0.15) is 0 Å². The largest absolute Gasteiger partial charge is 0.208 e. The van der Waals surface area contributed by atoms with Crippen LogP contribution in [0.25, 0.3) is 56.1 Å². The van der Waals surface area contributed by atoms with Crippen molar-refractivity contribution in [2.24, 2.45) is 0 Å². The first-order valence-electron chi connectivity index (χ1n) is 11.7. The molecule has 184 valence electrons. The molecule has 1 heterocycles. The number of aromatic nitrogens is 3. The molecule has 5 aromatic carbocycles. The van der Waals surface area contributed by atoms with Crippen molar-refractivity contribution < 1.29 is 0 Å². The van der Waals surface area contributed by atoms with E-state index in [2.05, 4.69) is 48.5 Å². The van der Waals surface area contributed by atoms with E-state index in [1.807, 2.05) is 18.2 Å². The van der Waals surface area contributed by atoms with E-state index in [9.17, 15) is 0 Å². The first kappa shape index (κ1) is 24.8. The smallest absolute Gasteiger partial charge is 0.164 e. The first-order valence-corrected chi connectivity index (χ1v) is 13.2. The van der Waals surface area contributed by atoms with Crippen molar-refractivity contribution >= 4 is 57.2 Å². The lowest BCUT2D eigenvalue weighted by Crippen LogP contribution is -2.00. The highest BCUT2D eigenvalue weighted by Gasteiger charge is 2.15. The van der Waals surface area contributed by atoms with Gasteiger partial charge < -0.3 is 0 Å². The standard InChI is InChI=1S/C31H17Cl4N3/c32-23-12-21(13-24(33)16-23)30-36-29(37-31(38-30)22-14-25(34)17-26(35)15-22)20-10-8-19(9-11-20)28-7-3-5-18-4-1-2-6-27(18)28/h1-17H. The number of hydrogen-bond acceptors (Lipinski definition) is 3. The summed E-state index contributed by atoms with van der Waals surface area (Å²) in [6.45, 7) is 0. The van der Waals surface area contributed by atoms with Gasteiger partial charge in [-0.1, -0.05) is 113 Å². The van der Waals surface area contributed by atoms with Gasteiger partial charge in [0, 0.05) is 36.8 Å². The Morgan fingerprint density at radius 2 is 0.842 bits per heavy atom. The van der Waals surface area contributed by atoms with Gasteiger partial charge in [0.25, 0.3) is 0 Å². The molecular weight excluding hydrogens is 556 g/mol. The van der Waals surface area contributed by atoms with Gasteiger partial charge in [0.15, 0.2) is 17.5 Å². The highest BCUT2D eigenvalue weighted by Crippen LogP contribution is 2.33. The second kappa shape index (κ2) is 10.4. The lowest BCUT2D eigenvalue weighted by Gasteiger charge is -2.11. The molecule has 0 spiro atoms. The summed E-state index contributed by atoms with van der Waals surface area (Å²) in [5, 5.41) is 4.34. The van der Waals surface area contributed by atoms with Gasteiger partial charge in [-0.05, 0) is 58.3 Å². The van der Waals surface area contributed by atoms with Crippen LogP contribution in [0.3, 0.4) is 0 Å². The molecule has 0 aliphatic heterocycles. The molecule has 1 aromatic heterocycles. The van der Waals surface area contributed by atoms with E-state index in [1.54, 1.807) is 36.4 Å². The van der Waals surface area contributed by atoms with Gasteiger partial charge in [0.2, 0.25) is 0 Å². The number of rotatable bonds is 4. The Bertz CT molecular complexity index is 1700. The van der Waals surface area contributed by atoms with Crippen molar-refractivity contribution in [3.8, 4) is 45.3 Å². The number of hydrogen-bond donors (Lipinski definition) is 0. The van der Waals surface area contributed by atoms with E-state index in [0.29, 0.717) is 48.7 Å². The van der Waals surface area contributed by atoms with Gasteiger partial charge in [-0.25, -0.2) is 15.0 Å². The molecule has 0 fully saturated rings. The maximum atomic E-state index is 6.28. The highest BCUT2D eigenvalue weighted by molar-refractivity contribution is 6.35. The van der Waals surface area contributed by atoms with Crippen molar-refractivity contribution in [2.45, 2.75) is 0 Å². The molecule has 0 amide bonds. The monoisotopic (exact) mass is 571 g/mol. The molecule has 0 N–H and O–H groups in total. The Hall–Kier alpha value is -3.47. The van der Waals surface area contributed by atoms with Gasteiger partial charge in [0.05, 0.1) is 0 Å². The summed E-state index contributed by atoms with van der Waals surface area (Å²) in [7, 11) is 0. The maximum Gasteiger partial charge on any atom is 0.164 e. The SMILES string of the molecule is Clc1cc(Cl)cc(-c2nc(-c3ccc(-c4cccc5ccccc45)cc3)nc(-c3cc(Cl)cc(Cl)c3)n2)c1. The fraction of sp³-hybridized carbons (Fsp3) is 0. The number of nitrogens with zero attached hydrogens (tertiary/aromatic N) is 3. The predicted octanol–water partition coefficient (Wildman–Crippen LogP) is 10.3. The minimum absolute atomic E-state index is 0.434. The van der Waals surface area contributed by atoms with Crippen LogP contribution in [-0.4, -0.2) is 15.0 Å². The normalized spacial score (nSPS) is 11.2. The van der Waals surface area contributed by atoms with Crippen molar-refractivity contribution in [1.29, 1.82) is 0 Å². The number of fused-ring (bicyclic) bond motifs is 1. The maximum absolute atomic E-state index is 6.28. The molecule has 0 saturated carbocycles. The summed E-state index contributed by atoms with van der Waals surface area (Å²) >= 11 is 25.1. The predicted molar refractivity (Wildman–Crippen MR) is 159 cm³/mol. The van der Waals surface area contributed by atoms with Crippen molar-refractivity contribution in [3.63, 3.8) is 0 Å². The van der Waals surface area contributed by atoms with Crippen LogP contribution >= 0.6 is 46.4 Å². The summed E-state index contributed by atoms with van der Waals surface area (Å²) in [5.74, 6) is 1.37. The van der Waals surface area contributed by atoms with Gasteiger partial charge in [-0.2, -0.15) is 0 Å². The molecule has 3 nitrogen and oxygen atoms in total. The molecule has 0 unspecified atom stereocenters. The summed E-state index contributed by atoms with van der Waals surface area (Å²) in [4.78, 5) is 14.3. The van der Waals surface area contributed by atoms with Crippen molar-refractivity contribution in [2.75, 3.05) is 0 Å². The zero-order valence-electron chi connectivity index (χ0n) is 19.7. The van der Waals surface area contributed by atoms with E-state index in [-0.39, 0.29) is 0 Å². The summed E-state index contributed by atoms with van der Waals surface area (Å²) in [6.07, 6.45) is 0. The second-order valence-electron chi connectivity index (χ2n) is 8.73. The fourth-order valence-corrected chi connectivity index (χ4v) is 5.46. The molecule has 0 atom stereocenters. The molecule has 0 aliphatic rings. The lowest BCUT2D eigenvalue weighted by molar-refractivity contribution is 1.07. The van der Waals surface area contributed by atoms with Crippen LogP contribution in [0.15, 0.2) is 103 Å². The molecule has 0 saturated heterocycles. The fourth-order valence-electron chi connectivity index (χ4n) is 4.41. The minimum atomic E-state index is 0.434. The minimum Gasteiger partial charge on any atom is -0.208 e. The average Bonchev–Trinajstić information content (AvgIpc) is 2.91. The molecule has 0 radical (unpaired) electrons. The van der Waals surface area contributed by atoms with E-state index >= 15 is 0 Å². The van der Waals surface area contributed by atoms with E-state index < -0.39 is 0 Å². The molecule has 6 rings (SSSR count). The third-order valence-electron chi connectivity index (χ3n) is 6.12. The topological polar surface area (TPSA) is 38.7 Å². The lowest BCUT2D eigenvalue weighted by atomic mass is 9.97. The van der Waals surface area contributed by atoms with E-state index in [4.69, 9.17) is 61.4 Å².